The highest BCUT2D eigenvalue weighted by atomic mass is 19.4. The van der Waals surface area contributed by atoms with Crippen LogP contribution in [0.1, 0.15) is 16.1 Å². The van der Waals surface area contributed by atoms with Crippen molar-refractivity contribution >= 4 is 23.5 Å². The number of carbonyl (C=O) groups is 2. The molecular formula is C18H15F5N4O3. The number of carbonyl (C=O) groups excluding carboxylic acids is 1. The highest BCUT2D eigenvalue weighted by Gasteiger charge is 2.38. The molecule has 30 heavy (non-hydrogen) atoms. The minimum absolute atomic E-state index is 0.0575. The summed E-state index contributed by atoms with van der Waals surface area (Å²) in [6.07, 6.45) is -4.93. The smallest absolute Gasteiger partial charge is 0.434 e. The second-order valence-electron chi connectivity index (χ2n) is 6.40. The van der Waals surface area contributed by atoms with Crippen LogP contribution in [-0.4, -0.2) is 53.2 Å². The summed E-state index contributed by atoms with van der Waals surface area (Å²) >= 11 is 0. The fraction of sp³-hybridized carbons (Fsp3) is 0.278. The molecule has 0 bridgehead atoms. The molecule has 1 aromatic heterocycles. The Hall–Kier alpha value is -3.44. The number of benzene rings is 1. The lowest BCUT2D eigenvalue weighted by molar-refractivity contribution is -0.141. The third-order valence-electron chi connectivity index (χ3n) is 4.44. The third kappa shape index (κ3) is 4.58. The number of hydrogen-bond acceptors (Lipinski definition) is 4. The van der Waals surface area contributed by atoms with Crippen molar-refractivity contribution in [2.24, 2.45) is 0 Å². The van der Waals surface area contributed by atoms with Crippen LogP contribution in [-0.2, 0) is 6.18 Å². The molecule has 0 aliphatic carbocycles. The number of pyridine rings is 1. The Morgan fingerprint density at radius 2 is 1.67 bits per heavy atom. The van der Waals surface area contributed by atoms with Crippen LogP contribution in [0, 0.1) is 11.6 Å². The molecule has 1 aliphatic rings. The largest absolute Gasteiger partial charge is 0.478 e. The van der Waals surface area contributed by atoms with Crippen LogP contribution in [0.3, 0.4) is 0 Å². The van der Waals surface area contributed by atoms with Crippen molar-refractivity contribution in [3.05, 3.63) is 53.2 Å². The van der Waals surface area contributed by atoms with Crippen LogP contribution >= 0.6 is 0 Å². The Morgan fingerprint density at radius 1 is 1.00 bits per heavy atom. The van der Waals surface area contributed by atoms with Gasteiger partial charge >= 0.3 is 18.2 Å². The number of amides is 2. The number of halogens is 5. The van der Waals surface area contributed by atoms with Gasteiger partial charge in [-0.3, -0.25) is 0 Å². The van der Waals surface area contributed by atoms with Crippen LogP contribution in [0.2, 0.25) is 0 Å². The average molecular weight is 430 g/mol. The van der Waals surface area contributed by atoms with Gasteiger partial charge in [0.1, 0.15) is 5.82 Å². The van der Waals surface area contributed by atoms with Gasteiger partial charge in [-0.25, -0.2) is 23.4 Å². The molecule has 1 aromatic carbocycles. The van der Waals surface area contributed by atoms with Gasteiger partial charge in [-0.05, 0) is 24.3 Å². The number of nitrogens with one attached hydrogen (secondary N) is 1. The van der Waals surface area contributed by atoms with E-state index in [4.69, 9.17) is 5.11 Å². The van der Waals surface area contributed by atoms with Crippen molar-refractivity contribution in [1.82, 2.24) is 9.88 Å². The first-order valence-corrected chi connectivity index (χ1v) is 8.63. The first kappa shape index (κ1) is 21.3. The fourth-order valence-corrected chi connectivity index (χ4v) is 2.93. The molecule has 1 aliphatic heterocycles. The number of nitrogens with zero attached hydrogens (tertiary/aromatic N) is 3. The van der Waals surface area contributed by atoms with E-state index in [9.17, 15) is 31.5 Å². The average Bonchev–Trinajstić information content (AvgIpc) is 2.69. The Morgan fingerprint density at radius 3 is 2.23 bits per heavy atom. The minimum atomic E-state index is -4.93. The molecule has 0 saturated carbocycles. The molecule has 0 atom stereocenters. The van der Waals surface area contributed by atoms with Crippen LogP contribution in [0.25, 0.3) is 0 Å². The summed E-state index contributed by atoms with van der Waals surface area (Å²) < 4.78 is 65.6. The predicted octanol–water partition coefficient (Wildman–Crippen LogP) is 3.43. The van der Waals surface area contributed by atoms with Crippen molar-refractivity contribution in [3.8, 4) is 0 Å². The van der Waals surface area contributed by atoms with E-state index >= 15 is 0 Å². The number of hydrogen-bond donors (Lipinski definition) is 2. The Labute approximate surface area is 166 Å². The molecule has 2 aromatic rings. The molecule has 0 radical (unpaired) electrons. The highest BCUT2D eigenvalue weighted by molar-refractivity contribution is 5.90. The zero-order valence-corrected chi connectivity index (χ0v) is 15.2. The van der Waals surface area contributed by atoms with Gasteiger partial charge in [0.15, 0.2) is 17.3 Å². The summed E-state index contributed by atoms with van der Waals surface area (Å²) in [4.78, 5) is 29.6. The molecule has 12 heteroatoms. The second-order valence-corrected chi connectivity index (χ2v) is 6.40. The SMILES string of the molecule is O=C(O)c1ccc(N2CCN(C(=O)Nc3ccc(F)c(F)c3)CC2)nc1C(F)(F)F. The predicted molar refractivity (Wildman–Crippen MR) is 95.4 cm³/mol. The lowest BCUT2D eigenvalue weighted by Crippen LogP contribution is -2.50. The molecule has 0 spiro atoms. The molecule has 160 valence electrons. The molecule has 3 rings (SSSR count). The maximum atomic E-state index is 13.2. The number of anilines is 2. The number of carboxylic acids is 1. The summed E-state index contributed by atoms with van der Waals surface area (Å²) in [7, 11) is 0. The quantitative estimate of drug-likeness (QED) is 0.729. The maximum Gasteiger partial charge on any atom is 0.434 e. The van der Waals surface area contributed by atoms with Gasteiger partial charge < -0.3 is 20.2 Å². The lowest BCUT2D eigenvalue weighted by Gasteiger charge is -2.35. The molecular weight excluding hydrogens is 415 g/mol. The van der Waals surface area contributed by atoms with E-state index in [1.165, 1.54) is 21.9 Å². The Balaban J connectivity index is 1.67. The van der Waals surface area contributed by atoms with Crippen LogP contribution in [0.5, 0.6) is 0 Å². The monoisotopic (exact) mass is 430 g/mol. The summed E-state index contributed by atoms with van der Waals surface area (Å²) in [5.41, 5.74) is -2.39. The fourth-order valence-electron chi connectivity index (χ4n) is 2.93. The maximum absolute atomic E-state index is 13.2. The third-order valence-corrected chi connectivity index (χ3v) is 4.44. The number of aromatic nitrogens is 1. The van der Waals surface area contributed by atoms with Gasteiger partial charge in [-0.2, -0.15) is 13.2 Å². The van der Waals surface area contributed by atoms with Gasteiger partial charge in [0.2, 0.25) is 0 Å². The second kappa shape index (κ2) is 8.13. The zero-order valence-electron chi connectivity index (χ0n) is 15.2. The van der Waals surface area contributed by atoms with Gasteiger partial charge in [-0.15, -0.1) is 0 Å². The molecule has 1 fully saturated rings. The van der Waals surface area contributed by atoms with E-state index in [1.54, 1.807) is 0 Å². The van der Waals surface area contributed by atoms with E-state index in [2.05, 4.69) is 10.3 Å². The number of carboxylic acid groups (broad SMARTS) is 1. The molecule has 0 unspecified atom stereocenters. The molecule has 2 heterocycles. The first-order chi connectivity index (χ1) is 14.1. The summed E-state index contributed by atoms with van der Waals surface area (Å²) in [6.45, 7) is 0.530. The molecule has 7 nitrogen and oxygen atoms in total. The highest BCUT2D eigenvalue weighted by Crippen LogP contribution is 2.32. The van der Waals surface area contributed by atoms with E-state index in [0.29, 0.717) is 0 Å². The van der Waals surface area contributed by atoms with Gasteiger partial charge in [0.25, 0.3) is 0 Å². The van der Waals surface area contributed by atoms with Crippen molar-refractivity contribution in [1.29, 1.82) is 0 Å². The van der Waals surface area contributed by atoms with Crippen molar-refractivity contribution in [3.63, 3.8) is 0 Å². The van der Waals surface area contributed by atoms with E-state index in [-0.39, 0.29) is 37.7 Å². The molecule has 2 N–H and O–H groups in total. The van der Waals surface area contributed by atoms with E-state index < -0.39 is 41.1 Å². The standard InChI is InChI=1S/C18H15F5N4O3/c19-12-3-1-10(9-13(12)20)24-17(30)27-7-5-26(6-8-27)14-4-2-11(16(28)29)15(25-14)18(21,22)23/h1-4,9H,5-8H2,(H,24,30)(H,28,29). The number of urea groups is 1. The lowest BCUT2D eigenvalue weighted by atomic mass is 10.1. The summed E-state index contributed by atoms with van der Waals surface area (Å²) in [5, 5.41) is 11.3. The molecule has 2 amide bonds. The summed E-state index contributed by atoms with van der Waals surface area (Å²) in [6, 6.07) is 4.33. The topological polar surface area (TPSA) is 85.8 Å². The van der Waals surface area contributed by atoms with Gasteiger partial charge in [-0.1, -0.05) is 0 Å². The summed E-state index contributed by atoms with van der Waals surface area (Å²) in [5.74, 6) is -3.97. The molecule has 1 saturated heterocycles. The van der Waals surface area contributed by atoms with Crippen LogP contribution in [0.15, 0.2) is 30.3 Å². The normalized spacial score (nSPS) is 14.6. The minimum Gasteiger partial charge on any atom is -0.478 e. The Kier molecular flexibility index (Phi) is 5.76. The van der Waals surface area contributed by atoms with E-state index in [0.717, 1.165) is 18.2 Å². The zero-order chi connectivity index (χ0) is 22.1. The van der Waals surface area contributed by atoms with Crippen molar-refractivity contribution < 1.29 is 36.6 Å². The van der Waals surface area contributed by atoms with E-state index in [1.807, 2.05) is 0 Å². The number of alkyl halides is 3. The van der Waals surface area contributed by atoms with Crippen LogP contribution < -0.4 is 10.2 Å². The number of aromatic carboxylic acids is 1. The van der Waals surface area contributed by atoms with Crippen LogP contribution in [0.4, 0.5) is 38.3 Å². The number of rotatable bonds is 3. The first-order valence-electron chi connectivity index (χ1n) is 8.63. The van der Waals surface area contributed by atoms with Crippen molar-refractivity contribution in [2.75, 3.05) is 36.4 Å². The van der Waals surface area contributed by atoms with Crippen molar-refractivity contribution in [2.45, 2.75) is 6.18 Å². The number of piperazine rings is 1. The Bertz CT molecular complexity index is 975. The van der Waals surface area contributed by atoms with Gasteiger partial charge in [0.05, 0.1) is 5.56 Å². The van der Waals surface area contributed by atoms with Gasteiger partial charge in [0, 0.05) is 37.9 Å².